The molecule has 0 radical (unpaired) electrons. The number of rotatable bonds is 6. The van der Waals surface area contributed by atoms with Gasteiger partial charge in [0, 0.05) is 57.8 Å². The van der Waals surface area contributed by atoms with Gasteiger partial charge in [0.05, 0.1) is 13.1 Å². The van der Waals surface area contributed by atoms with Crippen LogP contribution in [-0.2, 0) is 9.59 Å². The Morgan fingerprint density at radius 1 is 0.897 bits per heavy atom. The number of hydrogen-bond donors (Lipinski definition) is 2. The van der Waals surface area contributed by atoms with E-state index in [2.05, 4.69) is 32.3 Å². The zero-order valence-corrected chi connectivity index (χ0v) is 18.8. The molecule has 166 valence electrons. The first kappa shape index (κ1) is 23.4. The van der Waals surface area contributed by atoms with Crippen LogP contribution < -0.4 is 10.6 Å². The van der Waals surface area contributed by atoms with Gasteiger partial charge in [-0.25, -0.2) is 0 Å². The van der Waals surface area contributed by atoms with Crippen molar-refractivity contribution in [1.29, 1.82) is 0 Å². The third-order valence-corrected chi connectivity index (χ3v) is 5.41. The second-order valence-electron chi connectivity index (χ2n) is 8.95. The van der Waals surface area contributed by atoms with Crippen molar-refractivity contribution in [3.8, 4) is 0 Å². The van der Waals surface area contributed by atoms with E-state index in [9.17, 15) is 9.59 Å². The summed E-state index contributed by atoms with van der Waals surface area (Å²) >= 11 is 0. The number of guanidine groups is 1. The molecule has 0 aliphatic carbocycles. The minimum atomic E-state index is -0.379. The largest absolute Gasteiger partial charge is 0.357 e. The second kappa shape index (κ2) is 11.4. The molecule has 2 aliphatic heterocycles. The summed E-state index contributed by atoms with van der Waals surface area (Å²) in [6.45, 7) is 15.5. The molecule has 29 heavy (non-hydrogen) atoms. The lowest BCUT2D eigenvalue weighted by Crippen LogP contribution is -2.54. The average molecular weight is 409 g/mol. The lowest BCUT2D eigenvalue weighted by atomic mass is 9.96. The number of nitrogens with zero attached hydrogens (tertiary/aromatic N) is 4. The third kappa shape index (κ3) is 7.84. The zero-order chi connectivity index (χ0) is 21.3. The highest BCUT2D eigenvalue weighted by Crippen LogP contribution is 2.12. The Kier molecular flexibility index (Phi) is 9.20. The van der Waals surface area contributed by atoms with Gasteiger partial charge >= 0.3 is 0 Å². The van der Waals surface area contributed by atoms with E-state index in [0.29, 0.717) is 19.6 Å². The summed E-state index contributed by atoms with van der Waals surface area (Å²) in [5.74, 6) is 1.21. The Labute approximate surface area is 176 Å². The van der Waals surface area contributed by atoms with E-state index in [1.54, 1.807) is 0 Å². The Morgan fingerprint density at radius 3 is 2.14 bits per heavy atom. The van der Waals surface area contributed by atoms with Gasteiger partial charge in [-0.2, -0.15) is 0 Å². The highest BCUT2D eigenvalue weighted by atomic mass is 16.2. The van der Waals surface area contributed by atoms with E-state index >= 15 is 0 Å². The van der Waals surface area contributed by atoms with Crippen LogP contribution in [0, 0.1) is 5.41 Å². The molecule has 8 nitrogen and oxygen atoms in total. The Morgan fingerprint density at radius 2 is 1.55 bits per heavy atom. The van der Waals surface area contributed by atoms with Gasteiger partial charge in [-0.05, 0) is 26.2 Å². The molecule has 2 aliphatic rings. The van der Waals surface area contributed by atoms with E-state index in [4.69, 9.17) is 0 Å². The normalized spacial score (nSPS) is 19.2. The van der Waals surface area contributed by atoms with Crippen LogP contribution in [0.25, 0.3) is 0 Å². The van der Waals surface area contributed by atoms with Crippen molar-refractivity contribution < 1.29 is 9.59 Å². The van der Waals surface area contributed by atoms with Gasteiger partial charge in [-0.15, -0.1) is 0 Å². The molecule has 2 saturated heterocycles. The van der Waals surface area contributed by atoms with Crippen molar-refractivity contribution in [2.75, 3.05) is 65.4 Å². The van der Waals surface area contributed by atoms with Crippen LogP contribution in [0.1, 0.15) is 47.0 Å². The number of hydrogen-bond acceptors (Lipinski definition) is 4. The van der Waals surface area contributed by atoms with Crippen LogP contribution in [0.5, 0.6) is 0 Å². The quantitative estimate of drug-likeness (QED) is 0.385. The first-order valence-electron chi connectivity index (χ1n) is 11.1. The van der Waals surface area contributed by atoms with Crippen LogP contribution >= 0.6 is 0 Å². The van der Waals surface area contributed by atoms with Gasteiger partial charge in [-0.1, -0.05) is 20.8 Å². The van der Waals surface area contributed by atoms with Crippen LogP contribution in [0.3, 0.4) is 0 Å². The second-order valence-corrected chi connectivity index (χ2v) is 8.95. The zero-order valence-electron chi connectivity index (χ0n) is 18.8. The molecule has 0 saturated carbocycles. The molecule has 0 aromatic rings. The van der Waals surface area contributed by atoms with E-state index in [-0.39, 0.29) is 17.2 Å². The topological polar surface area (TPSA) is 80.3 Å². The molecule has 0 unspecified atom stereocenters. The predicted molar refractivity (Wildman–Crippen MR) is 117 cm³/mol. The summed E-state index contributed by atoms with van der Waals surface area (Å²) in [7, 11) is 0. The lowest BCUT2D eigenvalue weighted by molar-refractivity contribution is -0.133. The van der Waals surface area contributed by atoms with Crippen LogP contribution in [0.2, 0.25) is 0 Å². The fourth-order valence-electron chi connectivity index (χ4n) is 3.57. The van der Waals surface area contributed by atoms with Crippen molar-refractivity contribution in [3.63, 3.8) is 0 Å². The molecular formula is C21H40N6O2. The number of aliphatic imine (C=N–C) groups is 1. The molecule has 8 heteroatoms. The average Bonchev–Trinajstić information content (AvgIpc) is 2.70. The van der Waals surface area contributed by atoms with Gasteiger partial charge in [0.25, 0.3) is 0 Å². The molecule has 0 spiro atoms. The van der Waals surface area contributed by atoms with E-state index in [0.717, 1.165) is 64.6 Å². The summed E-state index contributed by atoms with van der Waals surface area (Å²) in [5, 5.41) is 6.29. The first-order valence-corrected chi connectivity index (χ1v) is 11.1. The molecule has 0 bridgehead atoms. The van der Waals surface area contributed by atoms with Gasteiger partial charge < -0.3 is 20.4 Å². The number of amides is 2. The molecule has 0 atom stereocenters. The molecule has 2 fully saturated rings. The van der Waals surface area contributed by atoms with E-state index in [1.165, 1.54) is 6.42 Å². The number of carbonyl (C=O) groups excluding carboxylic acids is 2. The molecular weight excluding hydrogens is 368 g/mol. The number of carbonyl (C=O) groups is 2. The monoisotopic (exact) mass is 408 g/mol. The Hall–Kier alpha value is -1.83. The summed E-state index contributed by atoms with van der Waals surface area (Å²) in [6.07, 6.45) is 3.52. The Balaban J connectivity index is 1.76. The van der Waals surface area contributed by atoms with Gasteiger partial charge in [0.2, 0.25) is 11.8 Å². The van der Waals surface area contributed by atoms with Gasteiger partial charge in [-0.3, -0.25) is 19.5 Å². The summed E-state index contributed by atoms with van der Waals surface area (Å²) in [5.41, 5.74) is -0.379. The van der Waals surface area contributed by atoms with E-state index in [1.807, 2.05) is 25.7 Å². The summed E-state index contributed by atoms with van der Waals surface area (Å²) in [6, 6.07) is 0. The molecule has 2 amide bonds. The highest BCUT2D eigenvalue weighted by Gasteiger charge is 2.24. The lowest BCUT2D eigenvalue weighted by Gasteiger charge is -2.37. The standard InChI is InChI=1S/C21H40N6O2/c1-5-22-20(24-10-9-23-19(29)21(2,3)4)27-15-13-25(14-16-27)17-18(28)26-11-7-6-8-12-26/h5-17H2,1-4H3,(H,22,24)(H,23,29). The molecule has 2 N–H and O–H groups in total. The Bertz CT molecular complexity index is 558. The van der Waals surface area contributed by atoms with Gasteiger partial charge in [0.15, 0.2) is 5.96 Å². The summed E-state index contributed by atoms with van der Waals surface area (Å²) < 4.78 is 0. The fraction of sp³-hybridized carbons (Fsp3) is 0.857. The van der Waals surface area contributed by atoms with Crippen molar-refractivity contribution in [2.45, 2.75) is 47.0 Å². The number of piperazine rings is 1. The maximum Gasteiger partial charge on any atom is 0.236 e. The van der Waals surface area contributed by atoms with Crippen LogP contribution in [0.4, 0.5) is 0 Å². The van der Waals surface area contributed by atoms with E-state index < -0.39 is 0 Å². The van der Waals surface area contributed by atoms with Crippen molar-refractivity contribution in [1.82, 2.24) is 25.3 Å². The number of likely N-dealkylation sites (tertiary alicyclic amines) is 1. The smallest absolute Gasteiger partial charge is 0.236 e. The van der Waals surface area contributed by atoms with Crippen LogP contribution in [-0.4, -0.2) is 97.9 Å². The fourth-order valence-corrected chi connectivity index (χ4v) is 3.57. The first-order chi connectivity index (χ1) is 13.8. The summed E-state index contributed by atoms with van der Waals surface area (Å²) in [4.78, 5) is 35.6. The SMILES string of the molecule is CCNC(=NCCNC(=O)C(C)(C)C)N1CCN(CC(=O)N2CCCCC2)CC1. The predicted octanol–water partition coefficient (Wildman–Crippen LogP) is 0.744. The number of piperidine rings is 1. The maximum atomic E-state index is 12.5. The molecule has 2 rings (SSSR count). The minimum absolute atomic E-state index is 0.0460. The van der Waals surface area contributed by atoms with Crippen molar-refractivity contribution >= 4 is 17.8 Å². The van der Waals surface area contributed by atoms with Crippen LogP contribution in [0.15, 0.2) is 4.99 Å². The third-order valence-electron chi connectivity index (χ3n) is 5.41. The molecule has 0 aromatic carbocycles. The van der Waals surface area contributed by atoms with Crippen molar-refractivity contribution in [2.24, 2.45) is 10.4 Å². The highest BCUT2D eigenvalue weighted by molar-refractivity contribution is 5.82. The molecule has 0 aromatic heterocycles. The molecule has 2 heterocycles. The maximum absolute atomic E-state index is 12.5. The minimum Gasteiger partial charge on any atom is -0.357 e. The van der Waals surface area contributed by atoms with Crippen molar-refractivity contribution in [3.05, 3.63) is 0 Å². The van der Waals surface area contributed by atoms with Gasteiger partial charge in [0.1, 0.15) is 0 Å². The number of nitrogens with one attached hydrogen (secondary N) is 2.